The van der Waals surface area contributed by atoms with Crippen LogP contribution in [0.25, 0.3) is 11.0 Å². The van der Waals surface area contributed by atoms with Crippen LogP contribution in [0, 0.1) is 6.92 Å². The van der Waals surface area contributed by atoms with Crippen molar-refractivity contribution in [2.75, 3.05) is 5.32 Å². The zero-order valence-corrected chi connectivity index (χ0v) is 11.3. The summed E-state index contributed by atoms with van der Waals surface area (Å²) >= 11 is 0. The molecule has 0 aliphatic heterocycles. The van der Waals surface area contributed by atoms with Gasteiger partial charge in [0.25, 0.3) is 5.91 Å². The van der Waals surface area contributed by atoms with Crippen molar-refractivity contribution in [3.63, 3.8) is 0 Å². The molecule has 0 aliphatic rings. The smallest absolute Gasteiger partial charge is 0.293 e. The first kappa shape index (κ1) is 12.5. The number of amides is 1. The van der Waals surface area contributed by atoms with Crippen LogP contribution in [-0.2, 0) is 6.42 Å². The number of carbonyl (C=O) groups excluding carboxylic acids is 1. The molecule has 0 spiro atoms. The van der Waals surface area contributed by atoms with Gasteiger partial charge in [0.1, 0.15) is 5.58 Å². The maximum absolute atomic E-state index is 12.1. The zero-order chi connectivity index (χ0) is 14.1. The number of para-hydroxylation sites is 1. The van der Waals surface area contributed by atoms with E-state index in [1.807, 2.05) is 38.1 Å². The highest BCUT2D eigenvalue weighted by atomic mass is 16.5. The Hall–Kier alpha value is -2.56. The lowest BCUT2D eigenvalue weighted by Crippen LogP contribution is -2.11. The van der Waals surface area contributed by atoms with Gasteiger partial charge in [-0.2, -0.15) is 0 Å². The van der Waals surface area contributed by atoms with Crippen molar-refractivity contribution in [1.82, 2.24) is 5.16 Å². The van der Waals surface area contributed by atoms with Crippen molar-refractivity contribution in [2.45, 2.75) is 20.3 Å². The number of benzene rings is 1. The van der Waals surface area contributed by atoms with Gasteiger partial charge in [0.05, 0.1) is 5.69 Å². The van der Waals surface area contributed by atoms with Crippen LogP contribution in [0.15, 0.2) is 39.3 Å². The monoisotopic (exact) mass is 270 g/mol. The van der Waals surface area contributed by atoms with E-state index in [2.05, 4.69) is 10.5 Å². The Bertz CT molecular complexity index is 737. The van der Waals surface area contributed by atoms with E-state index in [-0.39, 0.29) is 11.7 Å². The summed E-state index contributed by atoms with van der Waals surface area (Å²) in [6.45, 7) is 3.85. The van der Waals surface area contributed by atoms with E-state index in [1.165, 1.54) is 0 Å². The molecule has 0 saturated heterocycles. The summed E-state index contributed by atoms with van der Waals surface area (Å²) in [5, 5.41) is 7.47. The van der Waals surface area contributed by atoms with Crippen molar-refractivity contribution < 1.29 is 13.7 Å². The van der Waals surface area contributed by atoms with Crippen LogP contribution in [0.2, 0.25) is 0 Å². The highest BCUT2D eigenvalue weighted by molar-refractivity contribution is 6.04. The fourth-order valence-electron chi connectivity index (χ4n) is 2.07. The van der Waals surface area contributed by atoms with Gasteiger partial charge in [0, 0.05) is 10.9 Å². The Labute approximate surface area is 115 Å². The number of aromatic nitrogens is 1. The Morgan fingerprint density at radius 3 is 2.85 bits per heavy atom. The minimum atomic E-state index is -0.344. The van der Waals surface area contributed by atoms with Gasteiger partial charge >= 0.3 is 0 Å². The molecule has 1 aromatic carbocycles. The number of nitrogens with one attached hydrogen (secondary N) is 1. The van der Waals surface area contributed by atoms with Gasteiger partial charge in [-0.25, -0.2) is 0 Å². The maximum atomic E-state index is 12.1. The fourth-order valence-corrected chi connectivity index (χ4v) is 2.07. The maximum Gasteiger partial charge on any atom is 0.293 e. The molecule has 20 heavy (non-hydrogen) atoms. The summed E-state index contributed by atoms with van der Waals surface area (Å²) in [6, 6.07) is 9.18. The largest absolute Gasteiger partial charge is 0.451 e. The standard InChI is InChI=1S/C15H14N2O3/c1-3-11-9(2)15(20-17-11)16-14(18)13-8-10-6-4-5-7-12(10)19-13/h4-8H,3H2,1-2H3,(H,16,18). The Balaban J connectivity index is 1.87. The van der Waals surface area contributed by atoms with Crippen LogP contribution in [0.3, 0.4) is 0 Å². The van der Waals surface area contributed by atoms with Gasteiger partial charge in [-0.15, -0.1) is 0 Å². The molecule has 1 N–H and O–H groups in total. The normalized spacial score (nSPS) is 10.9. The molecular formula is C15H14N2O3. The number of furan rings is 1. The average molecular weight is 270 g/mol. The molecule has 0 aliphatic carbocycles. The summed E-state index contributed by atoms with van der Waals surface area (Å²) in [7, 11) is 0. The number of hydrogen-bond donors (Lipinski definition) is 1. The Morgan fingerprint density at radius 1 is 1.35 bits per heavy atom. The summed E-state index contributed by atoms with van der Waals surface area (Å²) < 4.78 is 10.6. The molecule has 3 aromatic rings. The van der Waals surface area contributed by atoms with Crippen LogP contribution in [0.1, 0.15) is 28.7 Å². The van der Waals surface area contributed by atoms with Crippen molar-refractivity contribution in [3.8, 4) is 0 Å². The summed E-state index contributed by atoms with van der Waals surface area (Å²) in [6.07, 6.45) is 0.760. The topological polar surface area (TPSA) is 68.3 Å². The van der Waals surface area contributed by atoms with Crippen LogP contribution in [-0.4, -0.2) is 11.1 Å². The van der Waals surface area contributed by atoms with Crippen LogP contribution in [0.4, 0.5) is 5.88 Å². The summed E-state index contributed by atoms with van der Waals surface area (Å²) in [5.74, 6) is 0.274. The number of anilines is 1. The van der Waals surface area contributed by atoms with Crippen LogP contribution < -0.4 is 5.32 Å². The minimum Gasteiger partial charge on any atom is -0.451 e. The lowest BCUT2D eigenvalue weighted by Gasteiger charge is -1.98. The molecule has 0 bridgehead atoms. The number of aryl methyl sites for hydroxylation is 1. The third-order valence-electron chi connectivity index (χ3n) is 3.23. The number of fused-ring (bicyclic) bond motifs is 1. The van der Waals surface area contributed by atoms with Gasteiger partial charge in [-0.3, -0.25) is 10.1 Å². The quantitative estimate of drug-likeness (QED) is 0.790. The van der Waals surface area contributed by atoms with E-state index in [0.29, 0.717) is 11.5 Å². The first-order chi connectivity index (χ1) is 9.69. The molecule has 0 fully saturated rings. The van der Waals surface area contributed by atoms with E-state index >= 15 is 0 Å². The minimum absolute atomic E-state index is 0.250. The lowest BCUT2D eigenvalue weighted by atomic mass is 10.2. The zero-order valence-electron chi connectivity index (χ0n) is 11.3. The van der Waals surface area contributed by atoms with Crippen molar-refractivity contribution in [3.05, 3.63) is 47.3 Å². The Kier molecular flexibility index (Phi) is 3.02. The predicted molar refractivity (Wildman–Crippen MR) is 74.8 cm³/mol. The molecule has 0 unspecified atom stereocenters. The SMILES string of the molecule is CCc1noc(NC(=O)c2cc3ccccc3o2)c1C. The molecule has 0 saturated carbocycles. The van der Waals surface area contributed by atoms with Crippen LogP contribution in [0.5, 0.6) is 0 Å². The van der Waals surface area contributed by atoms with E-state index < -0.39 is 0 Å². The van der Waals surface area contributed by atoms with Gasteiger partial charge in [0.2, 0.25) is 5.88 Å². The second-order valence-electron chi connectivity index (χ2n) is 4.54. The van der Waals surface area contributed by atoms with Gasteiger partial charge in [-0.05, 0) is 25.5 Å². The molecule has 1 amide bonds. The summed E-state index contributed by atoms with van der Waals surface area (Å²) in [4.78, 5) is 12.1. The van der Waals surface area contributed by atoms with E-state index in [9.17, 15) is 4.79 Å². The molecule has 3 rings (SSSR count). The summed E-state index contributed by atoms with van der Waals surface area (Å²) in [5.41, 5.74) is 2.36. The predicted octanol–water partition coefficient (Wildman–Crippen LogP) is 3.54. The third kappa shape index (κ3) is 2.07. The average Bonchev–Trinajstić information content (AvgIpc) is 3.03. The van der Waals surface area contributed by atoms with Crippen molar-refractivity contribution in [2.24, 2.45) is 0 Å². The van der Waals surface area contributed by atoms with Gasteiger partial charge in [0.15, 0.2) is 5.76 Å². The fraction of sp³-hybridized carbons (Fsp3) is 0.200. The van der Waals surface area contributed by atoms with Crippen molar-refractivity contribution >= 4 is 22.8 Å². The molecule has 0 atom stereocenters. The number of carbonyl (C=O) groups is 1. The van der Waals surface area contributed by atoms with Crippen LogP contribution >= 0.6 is 0 Å². The molecule has 102 valence electrons. The number of nitrogens with zero attached hydrogens (tertiary/aromatic N) is 1. The first-order valence-corrected chi connectivity index (χ1v) is 6.44. The van der Waals surface area contributed by atoms with E-state index in [0.717, 1.165) is 23.1 Å². The van der Waals surface area contributed by atoms with Gasteiger partial charge < -0.3 is 8.94 Å². The number of rotatable bonds is 3. The molecular weight excluding hydrogens is 256 g/mol. The molecule has 0 radical (unpaired) electrons. The second-order valence-corrected chi connectivity index (χ2v) is 4.54. The lowest BCUT2D eigenvalue weighted by molar-refractivity contribution is 0.0995. The highest BCUT2D eigenvalue weighted by Crippen LogP contribution is 2.22. The Morgan fingerprint density at radius 2 is 2.15 bits per heavy atom. The molecule has 2 aromatic heterocycles. The second kappa shape index (κ2) is 4.85. The number of hydrogen-bond acceptors (Lipinski definition) is 4. The van der Waals surface area contributed by atoms with Gasteiger partial charge in [-0.1, -0.05) is 30.3 Å². The van der Waals surface area contributed by atoms with Crippen molar-refractivity contribution in [1.29, 1.82) is 0 Å². The molecule has 5 heteroatoms. The van der Waals surface area contributed by atoms with E-state index in [1.54, 1.807) is 6.07 Å². The highest BCUT2D eigenvalue weighted by Gasteiger charge is 2.17. The van der Waals surface area contributed by atoms with E-state index in [4.69, 9.17) is 8.94 Å². The third-order valence-corrected chi connectivity index (χ3v) is 3.23. The molecule has 5 nitrogen and oxygen atoms in total. The molecule has 2 heterocycles. The first-order valence-electron chi connectivity index (χ1n) is 6.44.